The molecule has 0 fully saturated rings. The molecule has 3 nitrogen and oxygen atoms in total. The van der Waals surface area contributed by atoms with Crippen molar-refractivity contribution in [3.8, 4) is 5.75 Å². The molecule has 0 saturated heterocycles. The molecule has 0 aliphatic heterocycles. The van der Waals surface area contributed by atoms with Crippen LogP contribution in [-0.4, -0.2) is 26.4 Å². The van der Waals surface area contributed by atoms with Gasteiger partial charge in [-0.3, -0.25) is 0 Å². The second-order valence-corrected chi connectivity index (χ2v) is 5.02. The SMILES string of the molecule is COCCOc1cc(C)ccc1NC(C)C(C)C. The van der Waals surface area contributed by atoms with Crippen molar-refractivity contribution in [1.29, 1.82) is 0 Å². The normalized spacial score (nSPS) is 12.6. The highest BCUT2D eigenvalue weighted by Crippen LogP contribution is 2.27. The fraction of sp³-hybridized carbons (Fsp3) is 0.600. The maximum absolute atomic E-state index is 5.75. The number of hydrogen-bond acceptors (Lipinski definition) is 3. The minimum Gasteiger partial charge on any atom is -0.489 e. The molecule has 1 N–H and O–H groups in total. The molecule has 1 aromatic rings. The molecule has 0 aliphatic carbocycles. The zero-order valence-corrected chi connectivity index (χ0v) is 12.1. The standard InChI is InChI=1S/C15H25NO2/c1-11(2)13(4)16-14-7-6-12(3)10-15(14)18-9-8-17-5/h6-7,10-11,13,16H,8-9H2,1-5H3. The van der Waals surface area contributed by atoms with E-state index in [0.29, 0.717) is 25.2 Å². The first-order chi connectivity index (χ1) is 8.54. The van der Waals surface area contributed by atoms with Crippen molar-refractivity contribution in [3.63, 3.8) is 0 Å². The van der Waals surface area contributed by atoms with Gasteiger partial charge in [0.2, 0.25) is 0 Å². The number of ether oxygens (including phenoxy) is 2. The van der Waals surface area contributed by atoms with E-state index >= 15 is 0 Å². The molecule has 1 aromatic carbocycles. The summed E-state index contributed by atoms with van der Waals surface area (Å²) in [7, 11) is 1.68. The van der Waals surface area contributed by atoms with Gasteiger partial charge in [-0.15, -0.1) is 0 Å². The molecule has 102 valence electrons. The number of benzene rings is 1. The highest BCUT2D eigenvalue weighted by Gasteiger charge is 2.10. The lowest BCUT2D eigenvalue weighted by Gasteiger charge is -2.21. The van der Waals surface area contributed by atoms with Crippen LogP contribution in [-0.2, 0) is 4.74 Å². The Hall–Kier alpha value is -1.22. The van der Waals surface area contributed by atoms with E-state index in [-0.39, 0.29) is 0 Å². The van der Waals surface area contributed by atoms with Crippen LogP contribution in [0.2, 0.25) is 0 Å². The van der Waals surface area contributed by atoms with Crippen LogP contribution in [0.25, 0.3) is 0 Å². The summed E-state index contributed by atoms with van der Waals surface area (Å²) in [5.41, 5.74) is 2.25. The molecule has 0 aromatic heterocycles. The van der Waals surface area contributed by atoms with Gasteiger partial charge in [0.25, 0.3) is 0 Å². The van der Waals surface area contributed by atoms with E-state index < -0.39 is 0 Å². The van der Waals surface area contributed by atoms with Crippen molar-refractivity contribution in [2.75, 3.05) is 25.6 Å². The zero-order valence-electron chi connectivity index (χ0n) is 12.1. The Kier molecular flexibility index (Phi) is 5.99. The minimum absolute atomic E-state index is 0.414. The van der Waals surface area contributed by atoms with Gasteiger partial charge in [0.05, 0.1) is 12.3 Å². The monoisotopic (exact) mass is 251 g/mol. The number of hydrogen-bond donors (Lipinski definition) is 1. The molecule has 0 bridgehead atoms. The maximum Gasteiger partial charge on any atom is 0.142 e. The summed E-state index contributed by atoms with van der Waals surface area (Å²) in [6.07, 6.45) is 0. The van der Waals surface area contributed by atoms with Crippen molar-refractivity contribution in [2.45, 2.75) is 33.7 Å². The first-order valence-corrected chi connectivity index (χ1v) is 6.53. The van der Waals surface area contributed by atoms with Crippen molar-refractivity contribution in [3.05, 3.63) is 23.8 Å². The second-order valence-electron chi connectivity index (χ2n) is 5.02. The minimum atomic E-state index is 0.414. The van der Waals surface area contributed by atoms with Crippen LogP contribution in [0.15, 0.2) is 18.2 Å². The summed E-state index contributed by atoms with van der Waals surface area (Å²) in [5, 5.41) is 3.50. The van der Waals surface area contributed by atoms with Crippen LogP contribution in [0.4, 0.5) is 5.69 Å². The lowest BCUT2D eigenvalue weighted by atomic mass is 10.1. The van der Waals surface area contributed by atoms with E-state index in [1.54, 1.807) is 7.11 Å². The molecule has 18 heavy (non-hydrogen) atoms. The fourth-order valence-electron chi connectivity index (χ4n) is 1.52. The van der Waals surface area contributed by atoms with Gasteiger partial charge in [0.1, 0.15) is 12.4 Å². The Morgan fingerprint density at radius 2 is 1.89 bits per heavy atom. The fourth-order valence-corrected chi connectivity index (χ4v) is 1.52. The Labute approximate surface area is 110 Å². The molecule has 0 aliphatic rings. The third-order valence-corrected chi connectivity index (χ3v) is 3.07. The molecule has 1 unspecified atom stereocenters. The molecule has 1 atom stereocenters. The highest BCUT2D eigenvalue weighted by atomic mass is 16.5. The number of rotatable bonds is 7. The third-order valence-electron chi connectivity index (χ3n) is 3.07. The van der Waals surface area contributed by atoms with Gasteiger partial charge < -0.3 is 14.8 Å². The predicted molar refractivity (Wildman–Crippen MR) is 76.5 cm³/mol. The lowest BCUT2D eigenvalue weighted by molar-refractivity contribution is 0.146. The number of methoxy groups -OCH3 is 1. The Balaban J connectivity index is 2.75. The van der Waals surface area contributed by atoms with Gasteiger partial charge in [-0.05, 0) is 37.5 Å². The Morgan fingerprint density at radius 1 is 1.17 bits per heavy atom. The van der Waals surface area contributed by atoms with Gasteiger partial charge in [-0.1, -0.05) is 19.9 Å². The van der Waals surface area contributed by atoms with Crippen molar-refractivity contribution < 1.29 is 9.47 Å². The lowest BCUT2D eigenvalue weighted by Crippen LogP contribution is -2.22. The van der Waals surface area contributed by atoms with Crippen molar-refractivity contribution in [1.82, 2.24) is 0 Å². The number of anilines is 1. The van der Waals surface area contributed by atoms with Crippen LogP contribution in [0.3, 0.4) is 0 Å². The topological polar surface area (TPSA) is 30.5 Å². The van der Waals surface area contributed by atoms with Crippen LogP contribution in [0, 0.1) is 12.8 Å². The summed E-state index contributed by atoms with van der Waals surface area (Å²) < 4.78 is 10.8. The maximum atomic E-state index is 5.75. The number of aryl methyl sites for hydroxylation is 1. The average molecular weight is 251 g/mol. The molecule has 0 amide bonds. The van der Waals surface area contributed by atoms with Crippen LogP contribution in [0.1, 0.15) is 26.3 Å². The average Bonchev–Trinajstić information content (AvgIpc) is 2.32. The summed E-state index contributed by atoms with van der Waals surface area (Å²) in [6.45, 7) is 9.84. The summed E-state index contributed by atoms with van der Waals surface area (Å²) in [6, 6.07) is 6.65. The van der Waals surface area contributed by atoms with E-state index in [2.05, 4.69) is 51.2 Å². The zero-order chi connectivity index (χ0) is 13.5. The third kappa shape index (κ3) is 4.57. The predicted octanol–water partition coefficient (Wildman–Crippen LogP) is 3.48. The van der Waals surface area contributed by atoms with Crippen molar-refractivity contribution >= 4 is 5.69 Å². The molecule has 1 rings (SSSR count). The molecule has 0 saturated carbocycles. The van der Waals surface area contributed by atoms with Crippen molar-refractivity contribution in [2.24, 2.45) is 5.92 Å². The molecule has 3 heteroatoms. The summed E-state index contributed by atoms with van der Waals surface area (Å²) in [5.74, 6) is 1.48. The smallest absolute Gasteiger partial charge is 0.142 e. The molecule has 0 spiro atoms. The van der Waals surface area contributed by atoms with Crippen LogP contribution < -0.4 is 10.1 Å². The van der Waals surface area contributed by atoms with E-state index in [1.165, 1.54) is 5.56 Å². The molecular weight excluding hydrogens is 226 g/mol. The summed E-state index contributed by atoms with van der Waals surface area (Å²) in [4.78, 5) is 0. The summed E-state index contributed by atoms with van der Waals surface area (Å²) >= 11 is 0. The van der Waals surface area contributed by atoms with Gasteiger partial charge in [0, 0.05) is 13.2 Å². The largest absolute Gasteiger partial charge is 0.489 e. The first-order valence-electron chi connectivity index (χ1n) is 6.53. The quantitative estimate of drug-likeness (QED) is 0.753. The van der Waals surface area contributed by atoms with Gasteiger partial charge in [0.15, 0.2) is 0 Å². The molecular formula is C15H25NO2. The number of nitrogens with one attached hydrogen (secondary N) is 1. The second kappa shape index (κ2) is 7.27. The molecule has 0 radical (unpaired) electrons. The highest BCUT2D eigenvalue weighted by molar-refractivity contribution is 5.58. The van der Waals surface area contributed by atoms with E-state index in [1.807, 2.05) is 0 Å². The Bertz CT molecular complexity index is 364. The van der Waals surface area contributed by atoms with E-state index in [4.69, 9.17) is 9.47 Å². The van der Waals surface area contributed by atoms with Gasteiger partial charge in [-0.25, -0.2) is 0 Å². The van der Waals surface area contributed by atoms with Crippen LogP contribution in [0.5, 0.6) is 5.75 Å². The van der Waals surface area contributed by atoms with Gasteiger partial charge in [-0.2, -0.15) is 0 Å². The molecule has 0 heterocycles. The van der Waals surface area contributed by atoms with E-state index in [0.717, 1.165) is 11.4 Å². The van der Waals surface area contributed by atoms with E-state index in [9.17, 15) is 0 Å². The van der Waals surface area contributed by atoms with Crippen LogP contribution >= 0.6 is 0 Å². The Morgan fingerprint density at radius 3 is 2.50 bits per heavy atom. The first kappa shape index (κ1) is 14.8. The van der Waals surface area contributed by atoms with Gasteiger partial charge >= 0.3 is 0 Å².